The van der Waals surface area contributed by atoms with E-state index in [1.807, 2.05) is 4.72 Å². The van der Waals surface area contributed by atoms with Crippen LogP contribution in [0.3, 0.4) is 0 Å². The van der Waals surface area contributed by atoms with Gasteiger partial charge in [0.05, 0.1) is 0 Å². The van der Waals surface area contributed by atoms with Gasteiger partial charge in [0, 0.05) is 17.3 Å². The minimum Gasteiger partial charge on any atom is -0.288 e. The highest BCUT2D eigenvalue weighted by Gasteiger charge is 2.25. The Bertz CT molecular complexity index is 1070. The van der Waals surface area contributed by atoms with Crippen molar-refractivity contribution in [3.63, 3.8) is 0 Å². The van der Waals surface area contributed by atoms with Crippen molar-refractivity contribution in [2.24, 2.45) is 0 Å². The molecule has 0 unspecified atom stereocenters. The molecule has 0 aliphatic carbocycles. The Labute approximate surface area is 153 Å². The average molecular weight is 396 g/mol. The number of sulfonamides is 1. The van der Waals surface area contributed by atoms with Crippen LogP contribution in [0.4, 0.5) is 0 Å². The molecule has 2 heterocycles. The number of imidazole rings is 1. The molecular formula is C16H11Cl2N3O3S. The molecule has 0 atom stereocenters. The monoisotopic (exact) mass is 395 g/mol. The molecule has 1 N–H and O–H groups in total. The molecule has 6 nitrogen and oxygen atoms in total. The summed E-state index contributed by atoms with van der Waals surface area (Å²) in [7, 11) is -4.19. The Balaban J connectivity index is 1.84. The van der Waals surface area contributed by atoms with Crippen molar-refractivity contribution < 1.29 is 13.2 Å². The number of carbonyl (C=O) groups excluding carboxylic acids is 1. The number of nitrogens with one attached hydrogen (secondary N) is 1. The van der Waals surface area contributed by atoms with Crippen LogP contribution in [-0.2, 0) is 14.8 Å². The number of amides is 1. The molecule has 3 aromatic rings. The van der Waals surface area contributed by atoms with Crippen molar-refractivity contribution in [1.29, 1.82) is 0 Å². The minimum atomic E-state index is -4.19. The summed E-state index contributed by atoms with van der Waals surface area (Å²) in [6, 6.07) is 11.6. The first-order valence-corrected chi connectivity index (χ1v) is 9.24. The maximum absolute atomic E-state index is 12.5. The number of pyridine rings is 1. The van der Waals surface area contributed by atoms with Crippen molar-refractivity contribution >= 4 is 50.9 Å². The molecular weight excluding hydrogens is 385 g/mol. The summed E-state index contributed by atoms with van der Waals surface area (Å²) < 4.78 is 28.2. The molecule has 0 fully saturated rings. The molecule has 0 aliphatic rings. The Hall–Kier alpha value is -2.35. The molecule has 3 rings (SSSR count). The third-order valence-corrected chi connectivity index (χ3v) is 5.23. The van der Waals surface area contributed by atoms with E-state index in [0.717, 1.165) is 6.08 Å². The molecule has 0 radical (unpaired) electrons. The first kappa shape index (κ1) is 17.5. The normalized spacial score (nSPS) is 11.9. The zero-order chi connectivity index (χ0) is 18.0. The predicted molar refractivity (Wildman–Crippen MR) is 96.0 cm³/mol. The van der Waals surface area contributed by atoms with Crippen molar-refractivity contribution in [2.45, 2.75) is 5.03 Å². The third kappa shape index (κ3) is 3.84. The maximum atomic E-state index is 12.5. The van der Waals surface area contributed by atoms with Crippen molar-refractivity contribution in [3.8, 4) is 0 Å². The van der Waals surface area contributed by atoms with E-state index in [9.17, 15) is 13.2 Å². The number of carbonyl (C=O) groups is 1. The standard InChI is InChI=1S/C16H11Cl2N3O3S/c17-12-7-4-11(5-8-12)6-9-14(22)20-25(23,24)16-15(18)19-13-3-1-2-10-21(13)16/h1-10H,(H,20,22)/b9-6+. The van der Waals surface area contributed by atoms with Gasteiger partial charge in [0.1, 0.15) is 5.65 Å². The number of hydrogen-bond acceptors (Lipinski definition) is 4. The van der Waals surface area contributed by atoms with Crippen molar-refractivity contribution in [2.75, 3.05) is 0 Å². The largest absolute Gasteiger partial charge is 0.288 e. The smallest absolute Gasteiger partial charge is 0.283 e. The number of benzene rings is 1. The summed E-state index contributed by atoms with van der Waals surface area (Å²) in [6.07, 6.45) is 4.08. The van der Waals surface area contributed by atoms with Crippen molar-refractivity contribution in [1.82, 2.24) is 14.1 Å². The Morgan fingerprint density at radius 1 is 1.12 bits per heavy atom. The van der Waals surface area contributed by atoms with Gasteiger partial charge in [-0.25, -0.2) is 9.71 Å². The second kappa shape index (κ2) is 6.87. The summed E-state index contributed by atoms with van der Waals surface area (Å²) in [5, 5.41) is 0.0534. The van der Waals surface area contributed by atoms with Crippen LogP contribution in [0.5, 0.6) is 0 Å². The topological polar surface area (TPSA) is 80.5 Å². The molecule has 0 saturated carbocycles. The SMILES string of the molecule is O=C(/C=C/c1ccc(Cl)cc1)NS(=O)(=O)c1c(Cl)nc2ccccn12. The predicted octanol–water partition coefficient (Wildman–Crippen LogP) is 3.16. The summed E-state index contributed by atoms with van der Waals surface area (Å²) in [5.74, 6) is -0.808. The van der Waals surface area contributed by atoms with Gasteiger partial charge < -0.3 is 0 Å². The second-order valence-corrected chi connectivity index (χ2v) is 7.38. The lowest BCUT2D eigenvalue weighted by atomic mass is 10.2. The molecule has 0 spiro atoms. The number of nitrogens with zero attached hydrogens (tertiary/aromatic N) is 2. The van der Waals surface area contributed by atoms with Gasteiger partial charge in [-0.05, 0) is 35.9 Å². The van der Waals surface area contributed by atoms with Crippen LogP contribution < -0.4 is 4.72 Å². The molecule has 0 bridgehead atoms. The Morgan fingerprint density at radius 2 is 1.84 bits per heavy atom. The molecule has 1 aromatic carbocycles. The quantitative estimate of drug-likeness (QED) is 0.687. The summed E-state index contributed by atoms with van der Waals surface area (Å²) >= 11 is 11.7. The van der Waals surface area contributed by atoms with Gasteiger partial charge in [0.2, 0.25) is 0 Å². The zero-order valence-corrected chi connectivity index (χ0v) is 14.9. The number of hydrogen-bond donors (Lipinski definition) is 1. The van der Waals surface area contributed by atoms with Crippen LogP contribution in [0, 0.1) is 0 Å². The summed E-state index contributed by atoms with van der Waals surface area (Å²) in [6.45, 7) is 0. The van der Waals surface area contributed by atoms with E-state index in [1.54, 1.807) is 42.5 Å². The fraction of sp³-hybridized carbons (Fsp3) is 0. The van der Waals surface area contributed by atoms with Gasteiger partial charge in [0.15, 0.2) is 10.2 Å². The lowest BCUT2D eigenvalue weighted by molar-refractivity contribution is -0.114. The van der Waals surface area contributed by atoms with Gasteiger partial charge in [0.25, 0.3) is 15.9 Å². The lowest BCUT2D eigenvalue weighted by Gasteiger charge is -2.05. The van der Waals surface area contributed by atoms with Gasteiger partial charge in [-0.2, -0.15) is 8.42 Å². The zero-order valence-electron chi connectivity index (χ0n) is 12.6. The van der Waals surface area contributed by atoms with Crippen LogP contribution in [0.15, 0.2) is 59.8 Å². The maximum Gasteiger partial charge on any atom is 0.283 e. The number of rotatable bonds is 4. The van der Waals surface area contributed by atoms with Crippen LogP contribution in [-0.4, -0.2) is 23.7 Å². The van der Waals surface area contributed by atoms with E-state index in [2.05, 4.69) is 4.98 Å². The van der Waals surface area contributed by atoms with Crippen LogP contribution in [0.2, 0.25) is 10.2 Å². The number of halogens is 2. The molecule has 0 saturated heterocycles. The second-order valence-electron chi connectivity index (χ2n) is 4.99. The van der Waals surface area contributed by atoms with E-state index >= 15 is 0 Å². The summed E-state index contributed by atoms with van der Waals surface area (Å²) in [4.78, 5) is 15.9. The summed E-state index contributed by atoms with van der Waals surface area (Å²) in [5.41, 5.74) is 1.06. The highest BCUT2D eigenvalue weighted by atomic mass is 35.5. The molecule has 25 heavy (non-hydrogen) atoms. The molecule has 2 aromatic heterocycles. The van der Waals surface area contributed by atoms with Gasteiger partial charge in [-0.1, -0.05) is 41.4 Å². The van der Waals surface area contributed by atoms with E-state index in [0.29, 0.717) is 16.2 Å². The third-order valence-electron chi connectivity index (χ3n) is 3.23. The molecule has 9 heteroatoms. The van der Waals surface area contributed by atoms with E-state index < -0.39 is 15.9 Å². The number of fused-ring (bicyclic) bond motifs is 1. The molecule has 0 aliphatic heterocycles. The van der Waals surface area contributed by atoms with E-state index in [1.165, 1.54) is 16.7 Å². The average Bonchev–Trinajstić information content (AvgIpc) is 2.90. The Kier molecular flexibility index (Phi) is 4.80. The fourth-order valence-electron chi connectivity index (χ4n) is 2.15. The molecule has 1 amide bonds. The first-order valence-electron chi connectivity index (χ1n) is 7.00. The van der Waals surface area contributed by atoms with Gasteiger partial charge in [-0.3, -0.25) is 9.20 Å². The van der Waals surface area contributed by atoms with Crippen LogP contribution in [0.25, 0.3) is 11.7 Å². The van der Waals surface area contributed by atoms with E-state index in [-0.39, 0.29) is 10.2 Å². The highest BCUT2D eigenvalue weighted by Crippen LogP contribution is 2.22. The minimum absolute atomic E-state index is 0.215. The van der Waals surface area contributed by atoms with Gasteiger partial charge in [-0.15, -0.1) is 0 Å². The lowest BCUT2D eigenvalue weighted by Crippen LogP contribution is -2.30. The van der Waals surface area contributed by atoms with Crippen LogP contribution >= 0.6 is 23.2 Å². The first-order chi connectivity index (χ1) is 11.9. The fourth-order valence-corrected chi connectivity index (χ4v) is 3.86. The van der Waals surface area contributed by atoms with Crippen molar-refractivity contribution in [3.05, 3.63) is 70.5 Å². The number of aromatic nitrogens is 2. The molecule has 128 valence electrons. The van der Waals surface area contributed by atoms with Crippen LogP contribution in [0.1, 0.15) is 5.56 Å². The van der Waals surface area contributed by atoms with E-state index in [4.69, 9.17) is 23.2 Å². The van der Waals surface area contributed by atoms with Gasteiger partial charge >= 0.3 is 0 Å². The highest BCUT2D eigenvalue weighted by molar-refractivity contribution is 7.90. The Morgan fingerprint density at radius 3 is 2.56 bits per heavy atom.